The van der Waals surface area contributed by atoms with Gasteiger partial charge in [-0.3, -0.25) is 0 Å². The van der Waals surface area contributed by atoms with Crippen LogP contribution < -0.4 is 0 Å². The molecular weight excluding hydrogens is 246 g/mol. The minimum Gasteiger partial charge on any atom is -0.211 e. The highest BCUT2D eigenvalue weighted by atomic mass is 35.7. The Morgan fingerprint density at radius 1 is 1.33 bits per heavy atom. The van der Waals surface area contributed by atoms with Gasteiger partial charge in [0.15, 0.2) is 11.6 Å². The van der Waals surface area contributed by atoms with Crippen molar-refractivity contribution >= 4 is 19.7 Å². The van der Waals surface area contributed by atoms with Crippen molar-refractivity contribution in [3.05, 3.63) is 35.4 Å². The molecule has 1 rings (SSSR count). The Hall–Kier alpha value is -1.12. The number of hydrogen-bond donors (Lipinski definition) is 0. The van der Waals surface area contributed by atoms with Gasteiger partial charge in [0.05, 0.1) is 5.56 Å². The van der Waals surface area contributed by atoms with Crippen LogP contribution in [0, 0.1) is 23.5 Å². The van der Waals surface area contributed by atoms with E-state index in [0.29, 0.717) is 0 Å². The predicted octanol–water partition coefficient (Wildman–Crippen LogP) is 1.88. The number of halogens is 3. The molecule has 0 fully saturated rings. The summed E-state index contributed by atoms with van der Waals surface area (Å²) in [6.07, 6.45) is 0. The van der Waals surface area contributed by atoms with Crippen LogP contribution in [0.2, 0.25) is 0 Å². The van der Waals surface area contributed by atoms with Crippen molar-refractivity contribution in [1.29, 1.82) is 0 Å². The molecule has 0 amide bonds. The van der Waals surface area contributed by atoms with Crippen LogP contribution in [-0.2, 0) is 9.05 Å². The van der Waals surface area contributed by atoms with Gasteiger partial charge in [-0.2, -0.15) is 0 Å². The van der Waals surface area contributed by atoms with Gasteiger partial charge in [0.25, 0.3) is 0 Å². The van der Waals surface area contributed by atoms with Crippen LogP contribution in [0.15, 0.2) is 18.2 Å². The Bertz CT molecular complexity index is 529. The molecule has 0 aromatic heterocycles. The van der Waals surface area contributed by atoms with E-state index in [1.165, 1.54) is 12.1 Å². The van der Waals surface area contributed by atoms with Gasteiger partial charge in [-0.25, -0.2) is 17.2 Å². The molecule has 0 spiro atoms. The van der Waals surface area contributed by atoms with E-state index < -0.39 is 26.4 Å². The van der Waals surface area contributed by atoms with Crippen molar-refractivity contribution in [3.8, 4) is 11.8 Å². The first kappa shape index (κ1) is 12.0. The van der Waals surface area contributed by atoms with Gasteiger partial charge in [0.1, 0.15) is 5.75 Å². The molecule has 0 saturated carbocycles. The molecule has 15 heavy (non-hydrogen) atoms. The van der Waals surface area contributed by atoms with E-state index in [4.69, 9.17) is 10.7 Å². The van der Waals surface area contributed by atoms with E-state index in [1.807, 2.05) is 0 Å². The van der Waals surface area contributed by atoms with Crippen molar-refractivity contribution in [2.45, 2.75) is 0 Å². The van der Waals surface area contributed by atoms with Crippen molar-refractivity contribution in [1.82, 2.24) is 0 Å². The summed E-state index contributed by atoms with van der Waals surface area (Å²) in [4.78, 5) is 0. The molecule has 0 heterocycles. The van der Waals surface area contributed by atoms with Gasteiger partial charge in [0, 0.05) is 10.7 Å². The van der Waals surface area contributed by atoms with E-state index in [0.717, 1.165) is 6.07 Å². The lowest BCUT2D eigenvalue weighted by atomic mass is 10.2. The normalized spacial score (nSPS) is 10.6. The fourth-order valence-corrected chi connectivity index (χ4v) is 1.23. The van der Waals surface area contributed by atoms with Gasteiger partial charge in [-0.1, -0.05) is 17.9 Å². The average molecular weight is 251 g/mol. The maximum atomic E-state index is 13.0. The highest BCUT2D eigenvalue weighted by molar-refractivity contribution is 8.13. The third-order valence-electron chi connectivity index (χ3n) is 1.42. The molecule has 80 valence electrons. The summed E-state index contributed by atoms with van der Waals surface area (Å²) in [5.74, 6) is 1.58. The van der Waals surface area contributed by atoms with E-state index in [1.54, 1.807) is 0 Å². The van der Waals surface area contributed by atoms with Crippen LogP contribution in [0.25, 0.3) is 0 Å². The van der Waals surface area contributed by atoms with Crippen LogP contribution in [0.3, 0.4) is 0 Å². The summed E-state index contributed by atoms with van der Waals surface area (Å²) in [5, 5.41) is 0. The predicted molar refractivity (Wildman–Crippen MR) is 52.9 cm³/mol. The zero-order valence-electron chi connectivity index (χ0n) is 7.30. The van der Waals surface area contributed by atoms with Crippen LogP contribution in [0.5, 0.6) is 0 Å². The Labute approximate surface area is 90.3 Å². The first-order valence-corrected chi connectivity index (χ1v) is 6.23. The van der Waals surface area contributed by atoms with Gasteiger partial charge in [-0.05, 0) is 12.1 Å². The molecule has 0 aliphatic rings. The second kappa shape index (κ2) is 4.60. The second-order valence-corrected chi connectivity index (χ2v) is 5.36. The Balaban J connectivity index is 2.95. The molecule has 2 nitrogen and oxygen atoms in total. The molecule has 0 aliphatic carbocycles. The van der Waals surface area contributed by atoms with E-state index >= 15 is 0 Å². The standard InChI is InChI=1S/C9H5ClF2O2S/c10-15(13,14)6-2-4-7-3-1-5-8(11)9(7)12/h1,3,5H,6H2. The van der Waals surface area contributed by atoms with Gasteiger partial charge in [0.2, 0.25) is 9.05 Å². The van der Waals surface area contributed by atoms with E-state index in [2.05, 4.69) is 11.8 Å². The molecular formula is C9H5ClF2O2S. The average Bonchev–Trinajstić information content (AvgIpc) is 2.10. The quantitative estimate of drug-likeness (QED) is 0.563. The molecule has 6 heteroatoms. The molecule has 0 radical (unpaired) electrons. The molecule has 1 aromatic carbocycles. The Morgan fingerprint density at radius 3 is 2.60 bits per heavy atom. The molecule has 1 aromatic rings. The lowest BCUT2D eigenvalue weighted by Gasteiger charge is -1.94. The molecule has 0 saturated heterocycles. The smallest absolute Gasteiger partial charge is 0.211 e. The van der Waals surface area contributed by atoms with Crippen LogP contribution in [-0.4, -0.2) is 14.2 Å². The lowest BCUT2D eigenvalue weighted by Crippen LogP contribution is -1.94. The van der Waals surface area contributed by atoms with Crippen LogP contribution in [0.1, 0.15) is 5.56 Å². The SMILES string of the molecule is O=S(=O)(Cl)CC#Cc1cccc(F)c1F. The topological polar surface area (TPSA) is 34.1 Å². The summed E-state index contributed by atoms with van der Waals surface area (Å²) in [6, 6.07) is 3.46. The van der Waals surface area contributed by atoms with Crippen molar-refractivity contribution in [2.75, 3.05) is 5.75 Å². The molecule has 0 unspecified atom stereocenters. The molecule has 0 atom stereocenters. The van der Waals surface area contributed by atoms with Gasteiger partial charge >= 0.3 is 0 Å². The third kappa shape index (κ3) is 3.86. The monoisotopic (exact) mass is 250 g/mol. The van der Waals surface area contributed by atoms with Crippen LogP contribution in [0.4, 0.5) is 8.78 Å². The maximum absolute atomic E-state index is 13.0. The van der Waals surface area contributed by atoms with Gasteiger partial charge in [-0.15, -0.1) is 0 Å². The second-order valence-electron chi connectivity index (χ2n) is 2.59. The Kier molecular flexibility index (Phi) is 3.66. The van der Waals surface area contributed by atoms with Crippen molar-refractivity contribution in [2.24, 2.45) is 0 Å². The lowest BCUT2D eigenvalue weighted by molar-refractivity contribution is 0.506. The Morgan fingerprint density at radius 2 is 2.00 bits per heavy atom. The first-order valence-electron chi connectivity index (χ1n) is 3.75. The van der Waals surface area contributed by atoms with Crippen molar-refractivity contribution < 1.29 is 17.2 Å². The third-order valence-corrected chi connectivity index (χ3v) is 2.24. The minimum atomic E-state index is -3.73. The first-order chi connectivity index (χ1) is 6.90. The number of hydrogen-bond acceptors (Lipinski definition) is 2. The fourth-order valence-electron chi connectivity index (χ4n) is 0.818. The van der Waals surface area contributed by atoms with E-state index in [9.17, 15) is 17.2 Å². The maximum Gasteiger partial charge on any atom is 0.243 e. The number of rotatable bonds is 1. The molecule has 0 aliphatic heterocycles. The summed E-state index contributed by atoms with van der Waals surface area (Å²) >= 11 is 0. The van der Waals surface area contributed by atoms with Gasteiger partial charge < -0.3 is 0 Å². The zero-order valence-corrected chi connectivity index (χ0v) is 8.87. The minimum absolute atomic E-state index is 0.199. The summed E-state index contributed by atoms with van der Waals surface area (Å²) in [6.45, 7) is 0. The largest absolute Gasteiger partial charge is 0.243 e. The number of benzene rings is 1. The summed E-state index contributed by atoms with van der Waals surface area (Å²) < 4.78 is 46.6. The summed E-state index contributed by atoms with van der Waals surface area (Å²) in [7, 11) is 1.14. The molecule has 0 bridgehead atoms. The fraction of sp³-hybridized carbons (Fsp3) is 0.111. The van der Waals surface area contributed by atoms with Crippen molar-refractivity contribution in [3.63, 3.8) is 0 Å². The molecule has 0 N–H and O–H groups in total. The van der Waals surface area contributed by atoms with Crippen LogP contribution >= 0.6 is 10.7 Å². The highest BCUT2D eigenvalue weighted by Gasteiger charge is 2.05. The zero-order chi connectivity index (χ0) is 11.5. The highest BCUT2D eigenvalue weighted by Crippen LogP contribution is 2.09. The summed E-state index contributed by atoms with van der Waals surface area (Å²) in [5.41, 5.74) is -0.199. The van der Waals surface area contributed by atoms with E-state index in [-0.39, 0.29) is 5.56 Å².